The van der Waals surface area contributed by atoms with Crippen LogP contribution < -0.4 is 0 Å². The molecule has 0 aliphatic carbocycles. The molecule has 0 rings (SSSR count). The van der Waals surface area contributed by atoms with Gasteiger partial charge in [-0.1, -0.05) is 0 Å². The summed E-state index contributed by atoms with van der Waals surface area (Å²) < 4.78 is 9.74. The van der Waals surface area contributed by atoms with Crippen LogP contribution in [0.15, 0.2) is 0 Å². The summed E-state index contributed by atoms with van der Waals surface area (Å²) in [5, 5.41) is 0. The smallest absolute Gasteiger partial charge is 0.295 e. The van der Waals surface area contributed by atoms with Gasteiger partial charge in [-0.25, -0.2) is 0 Å². The molecular weight excluding hydrogens is 132 g/mol. The zero-order chi connectivity index (χ0) is 8.20. The lowest BCUT2D eigenvalue weighted by molar-refractivity contribution is -0.184. The number of rotatable bonds is 3. The van der Waals surface area contributed by atoms with Gasteiger partial charge in [0.2, 0.25) is 0 Å². The van der Waals surface area contributed by atoms with Crippen molar-refractivity contribution in [2.24, 2.45) is 0 Å². The molecule has 0 aromatic carbocycles. The van der Waals surface area contributed by atoms with E-state index in [2.05, 4.69) is 4.74 Å². The van der Waals surface area contributed by atoms with Crippen LogP contribution >= 0.6 is 0 Å². The molecule has 10 heavy (non-hydrogen) atoms. The van der Waals surface area contributed by atoms with Crippen molar-refractivity contribution in [1.82, 2.24) is 0 Å². The van der Waals surface area contributed by atoms with Gasteiger partial charge in [-0.15, -0.1) is 0 Å². The molecule has 0 aliphatic heterocycles. The summed E-state index contributed by atoms with van der Waals surface area (Å²) in [7, 11) is 0. The molecule has 3 heteroatoms. The Morgan fingerprint density at radius 3 is 2.20 bits per heavy atom. The second-order valence-electron chi connectivity index (χ2n) is 3.03. The predicted octanol–water partition coefficient (Wildman–Crippen LogP) is 1.32. The molecule has 0 radical (unpaired) electrons. The molecule has 0 heterocycles. The van der Waals surface area contributed by atoms with E-state index in [1.807, 2.05) is 20.8 Å². The molecule has 0 saturated carbocycles. The number of carbonyl (C=O) groups is 1. The first kappa shape index (κ1) is 9.43. The molecule has 0 amide bonds. The highest BCUT2D eigenvalue weighted by Gasteiger charge is 2.14. The van der Waals surface area contributed by atoms with Crippen LogP contribution in [0.25, 0.3) is 0 Å². The molecule has 1 atom stereocenters. The Kier molecular flexibility index (Phi) is 3.36. The van der Waals surface area contributed by atoms with Gasteiger partial charge in [0, 0.05) is 0 Å². The van der Waals surface area contributed by atoms with Gasteiger partial charge >= 0.3 is 0 Å². The van der Waals surface area contributed by atoms with Crippen molar-refractivity contribution >= 4 is 6.47 Å². The summed E-state index contributed by atoms with van der Waals surface area (Å²) in [6, 6.07) is 0. The highest BCUT2D eigenvalue weighted by molar-refractivity contribution is 5.37. The maximum atomic E-state index is 9.80. The fourth-order valence-electron chi connectivity index (χ4n) is 0.604. The zero-order valence-electron chi connectivity index (χ0n) is 6.88. The first-order valence-corrected chi connectivity index (χ1v) is 3.22. The van der Waals surface area contributed by atoms with Crippen LogP contribution in [0.1, 0.15) is 27.7 Å². The van der Waals surface area contributed by atoms with Crippen LogP contribution in [-0.2, 0) is 14.3 Å². The third-order valence-electron chi connectivity index (χ3n) is 0.767. The highest BCUT2D eigenvalue weighted by Crippen LogP contribution is 2.10. The first-order valence-electron chi connectivity index (χ1n) is 3.22. The van der Waals surface area contributed by atoms with Crippen LogP contribution in [0.3, 0.4) is 0 Å². The Labute approximate surface area is 61.3 Å². The van der Waals surface area contributed by atoms with Crippen molar-refractivity contribution in [3.05, 3.63) is 0 Å². The Hall–Kier alpha value is -0.570. The summed E-state index contributed by atoms with van der Waals surface area (Å²) in [5.41, 5.74) is -0.261. The minimum Gasteiger partial charge on any atom is -0.438 e. The number of ether oxygens (including phenoxy) is 2. The topological polar surface area (TPSA) is 35.5 Å². The van der Waals surface area contributed by atoms with Crippen molar-refractivity contribution in [1.29, 1.82) is 0 Å². The van der Waals surface area contributed by atoms with Gasteiger partial charge in [0.25, 0.3) is 6.47 Å². The van der Waals surface area contributed by atoms with E-state index in [1.54, 1.807) is 6.92 Å². The molecule has 0 bridgehead atoms. The van der Waals surface area contributed by atoms with E-state index in [-0.39, 0.29) is 5.60 Å². The van der Waals surface area contributed by atoms with Gasteiger partial charge in [-0.05, 0) is 27.7 Å². The fourth-order valence-corrected chi connectivity index (χ4v) is 0.604. The van der Waals surface area contributed by atoms with E-state index < -0.39 is 6.29 Å². The fraction of sp³-hybridized carbons (Fsp3) is 0.857. The normalized spacial score (nSPS) is 14.4. The predicted molar refractivity (Wildman–Crippen MR) is 37.4 cm³/mol. The van der Waals surface area contributed by atoms with Gasteiger partial charge in [0.15, 0.2) is 6.29 Å². The molecule has 0 fully saturated rings. The summed E-state index contributed by atoms with van der Waals surface area (Å²) in [5.74, 6) is 0. The molecule has 0 aromatic rings. The molecule has 60 valence electrons. The minimum absolute atomic E-state index is 0.261. The van der Waals surface area contributed by atoms with Gasteiger partial charge in [-0.3, -0.25) is 4.79 Å². The monoisotopic (exact) mass is 146 g/mol. The standard InChI is InChI=1S/C7H14O3/c1-6(9-5-8)10-7(2,3)4/h5-6H,1-4H3. The lowest BCUT2D eigenvalue weighted by atomic mass is 10.2. The van der Waals surface area contributed by atoms with Crippen molar-refractivity contribution < 1.29 is 14.3 Å². The molecule has 0 aromatic heterocycles. The summed E-state index contributed by atoms with van der Waals surface area (Å²) in [6.07, 6.45) is -0.461. The van der Waals surface area contributed by atoms with Crippen LogP contribution in [-0.4, -0.2) is 18.4 Å². The number of carbonyl (C=O) groups excluding carboxylic acids is 1. The molecule has 1 unspecified atom stereocenters. The second kappa shape index (κ2) is 3.56. The minimum atomic E-state index is -0.461. The molecule has 0 N–H and O–H groups in total. The summed E-state index contributed by atoms with van der Waals surface area (Å²) in [6.45, 7) is 7.77. The van der Waals surface area contributed by atoms with E-state index in [1.165, 1.54) is 0 Å². The maximum Gasteiger partial charge on any atom is 0.295 e. The molecular formula is C7H14O3. The van der Waals surface area contributed by atoms with E-state index in [0.717, 1.165) is 0 Å². The Balaban J connectivity index is 3.56. The van der Waals surface area contributed by atoms with E-state index in [9.17, 15) is 4.79 Å². The zero-order valence-corrected chi connectivity index (χ0v) is 6.88. The van der Waals surface area contributed by atoms with Gasteiger partial charge < -0.3 is 9.47 Å². The average Bonchev–Trinajstić information content (AvgIpc) is 1.59. The van der Waals surface area contributed by atoms with Crippen molar-refractivity contribution in [2.75, 3.05) is 0 Å². The van der Waals surface area contributed by atoms with Crippen LogP contribution in [0.5, 0.6) is 0 Å². The molecule has 0 spiro atoms. The Bertz CT molecular complexity index is 104. The highest BCUT2D eigenvalue weighted by atomic mass is 16.7. The van der Waals surface area contributed by atoms with Crippen LogP contribution in [0.4, 0.5) is 0 Å². The summed E-state index contributed by atoms with van der Waals surface area (Å²) in [4.78, 5) is 9.80. The molecule has 0 saturated heterocycles. The maximum absolute atomic E-state index is 9.80. The third kappa shape index (κ3) is 5.56. The lowest BCUT2D eigenvalue weighted by Crippen LogP contribution is -2.26. The van der Waals surface area contributed by atoms with E-state index in [4.69, 9.17) is 4.74 Å². The molecule has 3 nitrogen and oxygen atoms in total. The second-order valence-corrected chi connectivity index (χ2v) is 3.03. The Morgan fingerprint density at radius 1 is 1.40 bits per heavy atom. The van der Waals surface area contributed by atoms with Crippen molar-refractivity contribution in [2.45, 2.75) is 39.6 Å². The first-order chi connectivity index (χ1) is 4.45. The van der Waals surface area contributed by atoms with E-state index >= 15 is 0 Å². The number of hydrogen-bond acceptors (Lipinski definition) is 3. The quantitative estimate of drug-likeness (QED) is 0.445. The van der Waals surface area contributed by atoms with E-state index in [0.29, 0.717) is 6.47 Å². The molecule has 0 aliphatic rings. The SMILES string of the molecule is CC(OC=O)OC(C)(C)C. The summed E-state index contributed by atoms with van der Waals surface area (Å²) >= 11 is 0. The van der Waals surface area contributed by atoms with Crippen molar-refractivity contribution in [3.8, 4) is 0 Å². The van der Waals surface area contributed by atoms with Gasteiger partial charge in [0.05, 0.1) is 5.60 Å². The number of hydrogen-bond donors (Lipinski definition) is 0. The Morgan fingerprint density at radius 2 is 1.90 bits per heavy atom. The van der Waals surface area contributed by atoms with Crippen molar-refractivity contribution in [3.63, 3.8) is 0 Å². The van der Waals surface area contributed by atoms with Gasteiger partial charge in [0.1, 0.15) is 0 Å². The average molecular weight is 146 g/mol. The largest absolute Gasteiger partial charge is 0.438 e. The van der Waals surface area contributed by atoms with Crippen LogP contribution in [0, 0.1) is 0 Å². The lowest BCUT2D eigenvalue weighted by Gasteiger charge is -2.23. The third-order valence-corrected chi connectivity index (χ3v) is 0.767. The van der Waals surface area contributed by atoms with Crippen LogP contribution in [0.2, 0.25) is 0 Å². The van der Waals surface area contributed by atoms with Gasteiger partial charge in [-0.2, -0.15) is 0 Å².